The molecule has 0 saturated heterocycles. The first-order valence-corrected chi connectivity index (χ1v) is 12.9. The van der Waals surface area contributed by atoms with Gasteiger partial charge in [0.15, 0.2) is 5.65 Å². The van der Waals surface area contributed by atoms with E-state index in [1.54, 1.807) is 4.57 Å². The van der Waals surface area contributed by atoms with E-state index in [1.807, 2.05) is 0 Å². The van der Waals surface area contributed by atoms with Gasteiger partial charge < -0.3 is 14.6 Å². The SMILES string of the molecule is C[Si](C)(C)CCOCn1cc(C(=O)NCCC(F)(F)F)c2nc(Br)cnc21. The molecule has 0 spiro atoms. The first kappa shape index (κ1) is 21.8. The summed E-state index contributed by atoms with van der Waals surface area (Å²) in [5.74, 6) is -0.627. The van der Waals surface area contributed by atoms with Gasteiger partial charge in [-0.25, -0.2) is 9.97 Å². The average Bonchev–Trinajstić information content (AvgIpc) is 2.87. The Labute approximate surface area is 164 Å². The summed E-state index contributed by atoms with van der Waals surface area (Å²) in [5.41, 5.74) is 0.907. The minimum absolute atomic E-state index is 0.162. The van der Waals surface area contributed by atoms with E-state index in [2.05, 4.69) is 50.9 Å². The molecule has 27 heavy (non-hydrogen) atoms. The second kappa shape index (κ2) is 8.70. The van der Waals surface area contributed by atoms with Crippen LogP contribution in [0.4, 0.5) is 13.2 Å². The smallest absolute Gasteiger partial charge is 0.361 e. The maximum Gasteiger partial charge on any atom is 0.390 e. The van der Waals surface area contributed by atoms with Crippen LogP contribution in [0.15, 0.2) is 17.0 Å². The van der Waals surface area contributed by atoms with Gasteiger partial charge in [-0.1, -0.05) is 19.6 Å². The van der Waals surface area contributed by atoms with E-state index >= 15 is 0 Å². The lowest BCUT2D eigenvalue weighted by molar-refractivity contribution is -0.132. The van der Waals surface area contributed by atoms with Gasteiger partial charge in [0.05, 0.1) is 18.2 Å². The quantitative estimate of drug-likeness (QED) is 0.467. The largest absolute Gasteiger partial charge is 0.390 e. The number of nitrogens with zero attached hydrogens (tertiary/aromatic N) is 3. The van der Waals surface area contributed by atoms with Gasteiger partial charge >= 0.3 is 6.18 Å². The third-order valence-corrected chi connectivity index (χ3v) is 5.79. The Morgan fingerprint density at radius 2 is 2.07 bits per heavy atom. The van der Waals surface area contributed by atoms with Crippen LogP contribution in [0.1, 0.15) is 16.8 Å². The topological polar surface area (TPSA) is 69.0 Å². The minimum Gasteiger partial charge on any atom is -0.361 e. The summed E-state index contributed by atoms with van der Waals surface area (Å²) >= 11 is 3.20. The highest BCUT2D eigenvalue weighted by atomic mass is 79.9. The summed E-state index contributed by atoms with van der Waals surface area (Å²) in [4.78, 5) is 20.8. The van der Waals surface area contributed by atoms with Crippen LogP contribution in [-0.4, -0.2) is 47.8 Å². The molecule has 0 aliphatic rings. The van der Waals surface area contributed by atoms with E-state index in [0.717, 1.165) is 6.04 Å². The van der Waals surface area contributed by atoms with Crippen LogP contribution in [-0.2, 0) is 11.5 Å². The van der Waals surface area contributed by atoms with Crippen molar-refractivity contribution in [3.05, 3.63) is 22.6 Å². The molecule has 0 bridgehead atoms. The van der Waals surface area contributed by atoms with Crippen LogP contribution >= 0.6 is 15.9 Å². The number of carbonyl (C=O) groups is 1. The molecule has 2 heterocycles. The lowest BCUT2D eigenvalue weighted by atomic mass is 10.3. The number of ether oxygens (including phenoxy) is 1. The van der Waals surface area contributed by atoms with E-state index in [4.69, 9.17) is 4.74 Å². The fourth-order valence-corrected chi connectivity index (χ4v) is 3.29. The summed E-state index contributed by atoms with van der Waals surface area (Å²) in [5, 5.41) is 2.28. The number of rotatable bonds is 8. The van der Waals surface area contributed by atoms with Gasteiger partial charge in [0.1, 0.15) is 16.9 Å². The fourth-order valence-electron chi connectivity index (χ4n) is 2.25. The normalized spacial score (nSPS) is 12.6. The van der Waals surface area contributed by atoms with Crippen LogP contribution in [0, 0.1) is 0 Å². The number of halogens is 4. The summed E-state index contributed by atoms with van der Waals surface area (Å²) in [7, 11) is -1.22. The number of fused-ring (bicyclic) bond motifs is 1. The highest BCUT2D eigenvalue weighted by molar-refractivity contribution is 9.10. The van der Waals surface area contributed by atoms with Crippen molar-refractivity contribution in [1.29, 1.82) is 0 Å². The van der Waals surface area contributed by atoms with Crippen LogP contribution < -0.4 is 5.32 Å². The van der Waals surface area contributed by atoms with Crippen molar-refractivity contribution >= 4 is 41.1 Å². The van der Waals surface area contributed by atoms with Crippen LogP contribution in [0.2, 0.25) is 25.7 Å². The molecule has 2 rings (SSSR count). The lowest BCUT2D eigenvalue weighted by Gasteiger charge is -2.15. The van der Waals surface area contributed by atoms with Crippen molar-refractivity contribution in [3.63, 3.8) is 0 Å². The highest BCUT2D eigenvalue weighted by Crippen LogP contribution is 2.21. The number of carbonyl (C=O) groups excluding carboxylic acids is 1. The number of hydrogen-bond donors (Lipinski definition) is 1. The third-order valence-electron chi connectivity index (χ3n) is 3.70. The third kappa shape index (κ3) is 6.89. The number of amides is 1. The van der Waals surface area contributed by atoms with Crippen molar-refractivity contribution in [2.45, 2.75) is 45.0 Å². The van der Waals surface area contributed by atoms with E-state index in [0.29, 0.717) is 22.4 Å². The Morgan fingerprint density at radius 1 is 1.37 bits per heavy atom. The molecule has 11 heteroatoms. The molecule has 0 fully saturated rings. The van der Waals surface area contributed by atoms with Gasteiger partial charge in [-0.05, 0) is 22.0 Å². The van der Waals surface area contributed by atoms with Gasteiger partial charge in [0.25, 0.3) is 5.91 Å². The highest BCUT2D eigenvalue weighted by Gasteiger charge is 2.27. The maximum absolute atomic E-state index is 12.3. The Bertz CT molecular complexity index is 805. The molecular formula is C16H22BrF3N4O2Si. The second-order valence-corrected chi connectivity index (χ2v) is 13.8. The average molecular weight is 467 g/mol. The van der Waals surface area contributed by atoms with Crippen LogP contribution in [0.25, 0.3) is 11.2 Å². The summed E-state index contributed by atoms with van der Waals surface area (Å²) in [6, 6.07) is 0.994. The first-order chi connectivity index (χ1) is 12.5. The van der Waals surface area contributed by atoms with Crippen LogP contribution in [0.3, 0.4) is 0 Å². The lowest BCUT2D eigenvalue weighted by Crippen LogP contribution is -2.27. The maximum atomic E-state index is 12.3. The molecule has 1 N–H and O–H groups in total. The van der Waals surface area contributed by atoms with Crippen molar-refractivity contribution in [2.75, 3.05) is 13.2 Å². The van der Waals surface area contributed by atoms with Crippen molar-refractivity contribution in [3.8, 4) is 0 Å². The standard InChI is InChI=1S/C16H22BrF3N4O2Si/c1-27(2,3)7-6-26-10-24-9-11(13-14(24)22-8-12(17)23-13)15(25)21-5-4-16(18,19)20/h8-9H,4-7,10H2,1-3H3,(H,21,25). The molecule has 1 amide bonds. The molecular weight excluding hydrogens is 445 g/mol. The van der Waals surface area contributed by atoms with E-state index in [1.165, 1.54) is 12.4 Å². The van der Waals surface area contributed by atoms with Crippen molar-refractivity contribution in [2.24, 2.45) is 0 Å². The van der Waals surface area contributed by atoms with Crippen LogP contribution in [0.5, 0.6) is 0 Å². The van der Waals surface area contributed by atoms with Gasteiger partial charge in [-0.2, -0.15) is 13.2 Å². The zero-order valence-electron chi connectivity index (χ0n) is 15.4. The van der Waals surface area contributed by atoms with Gasteiger partial charge in [0.2, 0.25) is 0 Å². The Kier molecular flexibility index (Phi) is 7.03. The number of nitrogens with one attached hydrogen (secondary N) is 1. The zero-order chi connectivity index (χ0) is 20.2. The molecule has 0 aliphatic carbocycles. The fraction of sp³-hybridized carbons (Fsp3) is 0.562. The molecule has 0 unspecified atom stereocenters. The number of aromatic nitrogens is 3. The summed E-state index contributed by atoms with van der Waals surface area (Å²) in [6.07, 6.45) is -2.42. The molecule has 0 aromatic carbocycles. The summed E-state index contributed by atoms with van der Waals surface area (Å²) in [6.45, 7) is 7.01. The van der Waals surface area contributed by atoms with E-state index in [9.17, 15) is 18.0 Å². The Balaban J connectivity index is 2.13. The Hall–Kier alpha value is -1.46. The zero-order valence-corrected chi connectivity index (χ0v) is 17.9. The molecule has 6 nitrogen and oxygen atoms in total. The Morgan fingerprint density at radius 3 is 2.70 bits per heavy atom. The predicted octanol–water partition coefficient (Wildman–Crippen LogP) is 4.19. The van der Waals surface area contributed by atoms with Crippen molar-refractivity contribution in [1.82, 2.24) is 19.9 Å². The molecule has 0 atom stereocenters. The molecule has 150 valence electrons. The molecule has 0 aliphatic heterocycles. The first-order valence-electron chi connectivity index (χ1n) is 8.40. The number of alkyl halides is 3. The molecule has 0 radical (unpaired) electrons. The molecule has 2 aromatic rings. The predicted molar refractivity (Wildman–Crippen MR) is 102 cm³/mol. The minimum atomic E-state index is -4.33. The molecule has 2 aromatic heterocycles. The van der Waals surface area contributed by atoms with Crippen molar-refractivity contribution < 1.29 is 22.7 Å². The number of hydrogen-bond acceptors (Lipinski definition) is 4. The second-order valence-electron chi connectivity index (χ2n) is 7.35. The molecule has 0 saturated carbocycles. The van der Waals surface area contributed by atoms with E-state index < -0.39 is 33.1 Å². The summed E-state index contributed by atoms with van der Waals surface area (Å²) < 4.78 is 44.6. The van der Waals surface area contributed by atoms with Gasteiger partial charge in [-0.15, -0.1) is 0 Å². The monoisotopic (exact) mass is 466 g/mol. The van der Waals surface area contributed by atoms with E-state index in [-0.39, 0.29) is 12.3 Å². The van der Waals surface area contributed by atoms with Gasteiger partial charge in [-0.3, -0.25) is 4.79 Å². The van der Waals surface area contributed by atoms with Gasteiger partial charge in [0, 0.05) is 27.4 Å².